The minimum absolute atomic E-state index is 0. The number of fused-ring (bicyclic) bond motifs is 2. The Bertz CT molecular complexity index is 4500. The van der Waals surface area contributed by atoms with Crippen LogP contribution >= 0.6 is 23.2 Å². The number of benzene rings is 5. The van der Waals surface area contributed by atoms with Gasteiger partial charge in [-0.05, 0) is 122 Å². The van der Waals surface area contributed by atoms with Gasteiger partial charge in [0.25, 0.3) is 21.1 Å². The molecule has 9 aromatic rings. The molecule has 0 unspecified atom stereocenters. The molecule has 0 spiro atoms. The van der Waals surface area contributed by atoms with Crippen molar-refractivity contribution in [2.75, 3.05) is 24.7 Å². The van der Waals surface area contributed by atoms with Gasteiger partial charge in [-0.2, -0.15) is 43.5 Å². The lowest BCUT2D eigenvalue weighted by Gasteiger charge is -2.23. The molecule has 0 aliphatic heterocycles. The van der Waals surface area contributed by atoms with Crippen LogP contribution < -0.4 is 35.2 Å². The van der Waals surface area contributed by atoms with Gasteiger partial charge in [0.05, 0.1) is 52.4 Å². The molecule has 2 fully saturated rings. The van der Waals surface area contributed by atoms with Crippen LogP contribution in [0.2, 0.25) is 10.0 Å². The van der Waals surface area contributed by atoms with E-state index in [9.17, 15) is 74.7 Å². The van der Waals surface area contributed by atoms with Crippen LogP contribution in [0.4, 0.5) is 60.2 Å². The highest BCUT2D eigenvalue weighted by atomic mass is 35.5. The summed E-state index contributed by atoms with van der Waals surface area (Å²) in [6.07, 6.45) is -3.69. The number of hydrogen-bond donors (Lipinski definition) is 2. The van der Waals surface area contributed by atoms with Crippen molar-refractivity contribution >= 4 is 77.0 Å². The molecule has 4 heterocycles. The monoisotopic (exact) mass is 1320 g/mol. The number of anilines is 2. The number of nitrogen functional groups attached to an aromatic ring is 1. The molecule has 88 heavy (non-hydrogen) atoms. The highest BCUT2D eigenvalue weighted by Crippen LogP contribution is 2.62. The van der Waals surface area contributed by atoms with E-state index in [1.165, 1.54) is 72.6 Å². The first-order valence-electron chi connectivity index (χ1n) is 24.4. The molecule has 3 N–H and O–H groups in total. The van der Waals surface area contributed by atoms with Crippen molar-refractivity contribution < 1.29 is 78.8 Å². The average molecular weight is 1320 g/mol. The van der Waals surface area contributed by atoms with Crippen LogP contribution in [-0.2, 0) is 31.0 Å². The van der Waals surface area contributed by atoms with Crippen molar-refractivity contribution in [1.29, 1.82) is 0 Å². The molecule has 0 saturated heterocycles. The van der Waals surface area contributed by atoms with Gasteiger partial charge < -0.3 is 19.4 Å². The van der Waals surface area contributed by atoms with Crippen LogP contribution in [0.25, 0.3) is 33.2 Å². The molecule has 0 atom stereocenters. The van der Waals surface area contributed by atoms with E-state index in [4.69, 9.17) is 38.4 Å². The normalized spacial score (nSPS) is 14.0. The van der Waals surface area contributed by atoms with Crippen molar-refractivity contribution in [3.05, 3.63) is 193 Å². The highest BCUT2D eigenvalue weighted by molar-refractivity contribution is 7.92. The Morgan fingerprint density at radius 1 is 0.557 bits per heavy atom. The first kappa shape index (κ1) is 66.9. The van der Waals surface area contributed by atoms with Crippen LogP contribution in [0, 0.1) is 29.1 Å². The number of aromatic nitrogens is 6. The van der Waals surface area contributed by atoms with Crippen LogP contribution in [0.15, 0.2) is 141 Å². The number of nitrogens with zero attached hydrogens (tertiary/aromatic N) is 6. The Balaban J connectivity index is 0.000000222. The number of rotatable bonds is 12. The van der Waals surface area contributed by atoms with Gasteiger partial charge in [0, 0.05) is 57.7 Å². The highest BCUT2D eigenvalue weighted by Gasteiger charge is 2.66. The maximum absolute atomic E-state index is 14.0. The molecule has 466 valence electrons. The number of methoxy groups -OCH3 is 2. The summed E-state index contributed by atoms with van der Waals surface area (Å²) in [7, 11) is -6.83. The first-order valence-corrected chi connectivity index (χ1v) is 28.0. The van der Waals surface area contributed by atoms with Crippen molar-refractivity contribution in [1.82, 2.24) is 29.1 Å². The molecule has 11 rings (SSSR count). The number of nitrogens with two attached hydrogens (primary N) is 1. The number of pyridine rings is 2. The standard InChI is InChI=1S/C26H14ClF8NO5S.C24H18ClF3N4O4S.C4H5N3.2CH4/c1-40-17-9-13(25(6-7-25)26(33,34)35)14(27)10-16(17)36-15-4-3-12(8-11(15)2-5-18(36)37)42(38,39)41-24-22(31)20(29)19(28)21(30)23(24)32;1-36-20-12-16(23(7-8-23)24(26,27)28)17(25)13-19(20)32-18-5-4-15(11-14(18)3-6-21(32)33)37(34,35)31-22-29-9-2-10-30-22;5-4-6-2-1-3-7-4;;/h2-5,8-10H,6-7H2,1H3;2-6,9-13H,7-8H2,1H3,(H,29,30,31);1-3H,(H2,5,6,7);2*1H4. The number of hydrogen-bond acceptors (Lipinski definition) is 14. The van der Waals surface area contributed by atoms with E-state index in [1.54, 1.807) is 18.5 Å². The number of halogens is 13. The number of alkyl halides is 6. The summed E-state index contributed by atoms with van der Waals surface area (Å²) in [5.74, 6) is -14.4. The fraction of sp³-hybridized carbons (Fsp3) is 0.214. The molecule has 17 nitrogen and oxygen atoms in total. The zero-order valence-electron chi connectivity index (χ0n) is 43.5. The third kappa shape index (κ3) is 12.6. The van der Waals surface area contributed by atoms with Crippen molar-refractivity contribution in [3.63, 3.8) is 0 Å². The molecule has 2 saturated carbocycles. The third-order valence-electron chi connectivity index (χ3n) is 13.7. The minimum Gasteiger partial charge on any atom is -0.495 e. The number of ether oxygens (including phenoxy) is 2. The van der Waals surface area contributed by atoms with Gasteiger partial charge in [0.2, 0.25) is 46.7 Å². The first-order chi connectivity index (χ1) is 40.4. The average Bonchev–Trinajstić information content (AvgIpc) is 1.53. The maximum atomic E-state index is 14.0. The predicted octanol–water partition coefficient (Wildman–Crippen LogP) is 12.9. The van der Waals surface area contributed by atoms with E-state index < -0.39 is 94.2 Å². The van der Waals surface area contributed by atoms with Crippen molar-refractivity contribution in [2.24, 2.45) is 0 Å². The number of sulfonamides is 1. The van der Waals surface area contributed by atoms with E-state index in [0.29, 0.717) is 16.9 Å². The van der Waals surface area contributed by atoms with Crippen molar-refractivity contribution in [3.8, 4) is 28.6 Å². The van der Waals surface area contributed by atoms with E-state index in [0.717, 1.165) is 54.1 Å². The van der Waals surface area contributed by atoms with Crippen molar-refractivity contribution in [2.45, 2.75) is 73.5 Å². The van der Waals surface area contributed by atoms with Crippen LogP contribution in [0.3, 0.4) is 0 Å². The molecular weight excluding hydrogens is 1270 g/mol. The fourth-order valence-electron chi connectivity index (χ4n) is 9.08. The maximum Gasteiger partial charge on any atom is 0.398 e. The lowest BCUT2D eigenvalue weighted by Crippen LogP contribution is -2.29. The smallest absolute Gasteiger partial charge is 0.398 e. The van der Waals surface area contributed by atoms with Crippen LogP contribution in [-0.4, -0.2) is 72.5 Å². The summed E-state index contributed by atoms with van der Waals surface area (Å²) in [6, 6.07) is 19.5. The Morgan fingerprint density at radius 3 is 1.32 bits per heavy atom. The van der Waals surface area contributed by atoms with E-state index in [1.807, 2.05) is 0 Å². The minimum atomic E-state index is -5.21. The van der Waals surface area contributed by atoms with Crippen LogP contribution in [0.5, 0.6) is 17.2 Å². The third-order valence-corrected chi connectivity index (χ3v) is 16.9. The predicted molar refractivity (Wildman–Crippen MR) is 303 cm³/mol. The Kier molecular flexibility index (Phi) is 18.9. The zero-order chi connectivity index (χ0) is 62.6. The summed E-state index contributed by atoms with van der Waals surface area (Å²) in [5.41, 5.74) is -0.370. The molecule has 0 radical (unpaired) electrons. The molecular formula is C56H45Cl2F11N8O9S2. The zero-order valence-corrected chi connectivity index (χ0v) is 46.7. The topological polar surface area (TPSA) is 230 Å². The Hall–Kier alpha value is -8.61. The van der Waals surface area contributed by atoms with Gasteiger partial charge in [0.1, 0.15) is 16.4 Å². The second kappa shape index (κ2) is 24.9. The lowest BCUT2D eigenvalue weighted by atomic mass is 9.94. The Labute approximate surface area is 502 Å². The largest absolute Gasteiger partial charge is 0.495 e. The fourth-order valence-corrected chi connectivity index (χ4v) is 11.7. The molecule has 4 aromatic heterocycles. The quantitative estimate of drug-likeness (QED) is 0.0502. The van der Waals surface area contributed by atoms with E-state index >= 15 is 0 Å². The van der Waals surface area contributed by atoms with Gasteiger partial charge in [-0.15, -0.1) is 0 Å². The molecule has 0 bridgehead atoms. The van der Waals surface area contributed by atoms with Gasteiger partial charge >= 0.3 is 22.5 Å². The molecule has 0 amide bonds. The van der Waals surface area contributed by atoms with Gasteiger partial charge in [-0.3, -0.25) is 18.7 Å². The van der Waals surface area contributed by atoms with Gasteiger partial charge in [-0.1, -0.05) is 38.1 Å². The summed E-state index contributed by atoms with van der Waals surface area (Å²) in [5, 5.41) is -0.110. The molecule has 32 heteroatoms. The summed E-state index contributed by atoms with van der Waals surface area (Å²) in [6.45, 7) is 0. The van der Waals surface area contributed by atoms with E-state index in [2.05, 4.69) is 28.8 Å². The van der Waals surface area contributed by atoms with Gasteiger partial charge in [0.15, 0.2) is 0 Å². The lowest BCUT2D eigenvalue weighted by molar-refractivity contribution is -0.161. The van der Waals surface area contributed by atoms with E-state index in [-0.39, 0.29) is 106 Å². The molecule has 2 aliphatic carbocycles. The molecule has 5 aromatic carbocycles. The Morgan fingerprint density at radius 2 is 0.943 bits per heavy atom. The summed E-state index contributed by atoms with van der Waals surface area (Å²) in [4.78, 5) is 39.9. The molecule has 2 aliphatic rings. The number of nitrogens with one attached hydrogen (secondary N) is 1. The summed E-state index contributed by atoms with van der Waals surface area (Å²) < 4.78 is 222. The van der Waals surface area contributed by atoms with Crippen LogP contribution in [0.1, 0.15) is 51.7 Å². The second-order valence-corrected chi connectivity index (χ2v) is 22.9. The second-order valence-electron chi connectivity index (χ2n) is 18.8. The SMILES string of the molecule is C.C.COc1cc(C2(C(F)(F)F)CC2)c(Cl)cc1-n1c(=O)ccc2cc(S(=O)(=O)Nc3ncccn3)ccc21.COc1cc(C2(C(F)(F)F)CC2)c(Cl)cc1-n1c(=O)ccc2cc(S(=O)(=O)Oc3c(F)c(F)c(F)c(F)c3F)ccc21.Nc1ncccn1. The summed E-state index contributed by atoms with van der Waals surface area (Å²) >= 11 is 12.6. The van der Waals surface area contributed by atoms with Gasteiger partial charge in [-0.25, -0.2) is 46.2 Å².